The Hall–Kier alpha value is -0.790. The number of hydrogen-bond donors (Lipinski definition) is 0. The third-order valence-electron chi connectivity index (χ3n) is 1.53. The largest absolute Gasteiger partial charge is 0.298 e. The molecule has 1 rings (SSSR count). The van der Waals surface area contributed by atoms with Crippen LogP contribution in [0.1, 0.15) is 12.5 Å². The van der Waals surface area contributed by atoms with E-state index in [9.17, 15) is 4.79 Å². The van der Waals surface area contributed by atoms with Crippen LogP contribution in [0.3, 0.4) is 0 Å². The minimum Gasteiger partial charge on any atom is -0.298 e. The van der Waals surface area contributed by atoms with Gasteiger partial charge < -0.3 is 0 Å². The van der Waals surface area contributed by atoms with Crippen LogP contribution >= 0.6 is 23.2 Å². The van der Waals surface area contributed by atoms with Gasteiger partial charge in [0.25, 0.3) is 0 Å². The predicted octanol–water partition coefficient (Wildman–Crippen LogP) is 3.60. The maximum absolute atomic E-state index is 10.4. The van der Waals surface area contributed by atoms with Crippen molar-refractivity contribution in [3.05, 3.63) is 39.4 Å². The van der Waals surface area contributed by atoms with Crippen molar-refractivity contribution in [2.24, 2.45) is 0 Å². The summed E-state index contributed by atoms with van der Waals surface area (Å²) in [5.41, 5.74) is 1.43. The quantitative estimate of drug-likeness (QED) is 0.544. The van der Waals surface area contributed by atoms with E-state index in [-0.39, 0.29) is 0 Å². The molecule has 0 aliphatic carbocycles. The average Bonchev–Trinajstić information content (AvgIpc) is 2.09. The third kappa shape index (κ3) is 2.87. The van der Waals surface area contributed by atoms with E-state index < -0.39 is 0 Å². The molecular weight excluding hydrogens is 207 g/mol. The summed E-state index contributed by atoms with van der Waals surface area (Å²) in [5, 5.41) is 1.14. The first-order chi connectivity index (χ1) is 6.13. The summed E-state index contributed by atoms with van der Waals surface area (Å²) < 4.78 is 0. The molecule has 13 heavy (non-hydrogen) atoms. The van der Waals surface area contributed by atoms with Crippen LogP contribution in [-0.4, -0.2) is 6.29 Å². The Morgan fingerprint density at radius 1 is 1.38 bits per heavy atom. The molecule has 0 N–H and O–H groups in total. The Kier molecular flexibility index (Phi) is 3.52. The number of carbonyl (C=O) groups is 1. The van der Waals surface area contributed by atoms with Gasteiger partial charge in [0.15, 0.2) is 0 Å². The van der Waals surface area contributed by atoms with Crippen LogP contribution in [0.2, 0.25) is 10.0 Å². The van der Waals surface area contributed by atoms with Gasteiger partial charge in [-0.25, -0.2) is 0 Å². The van der Waals surface area contributed by atoms with E-state index in [2.05, 4.69) is 0 Å². The molecule has 0 radical (unpaired) electrons. The molecule has 1 nitrogen and oxygen atoms in total. The van der Waals surface area contributed by atoms with Gasteiger partial charge in [0.1, 0.15) is 6.29 Å². The van der Waals surface area contributed by atoms with Crippen LogP contribution in [0.5, 0.6) is 0 Å². The van der Waals surface area contributed by atoms with Gasteiger partial charge in [-0.15, -0.1) is 0 Å². The summed E-state index contributed by atoms with van der Waals surface area (Å²) in [5.74, 6) is 0. The summed E-state index contributed by atoms with van der Waals surface area (Å²) >= 11 is 11.6. The van der Waals surface area contributed by atoms with E-state index in [1.54, 1.807) is 31.2 Å². The second-order valence-corrected chi connectivity index (χ2v) is 3.52. The van der Waals surface area contributed by atoms with E-state index in [1.165, 1.54) is 0 Å². The topological polar surface area (TPSA) is 17.1 Å². The molecule has 1 aromatic rings. The zero-order chi connectivity index (χ0) is 9.84. The summed E-state index contributed by atoms with van der Waals surface area (Å²) in [7, 11) is 0. The number of halogens is 2. The SMILES string of the molecule is C/C(C=O)=C\c1ccc(Cl)cc1Cl. The van der Waals surface area contributed by atoms with E-state index in [4.69, 9.17) is 23.2 Å². The Labute approximate surface area is 87.0 Å². The van der Waals surface area contributed by atoms with Crippen molar-refractivity contribution >= 4 is 35.6 Å². The zero-order valence-corrected chi connectivity index (χ0v) is 8.56. The number of hydrogen-bond acceptors (Lipinski definition) is 1. The van der Waals surface area contributed by atoms with Crippen molar-refractivity contribution in [1.82, 2.24) is 0 Å². The van der Waals surface area contributed by atoms with Crippen molar-refractivity contribution < 1.29 is 4.79 Å². The van der Waals surface area contributed by atoms with Gasteiger partial charge in [-0.05, 0) is 36.3 Å². The fourth-order valence-electron chi connectivity index (χ4n) is 0.898. The van der Waals surface area contributed by atoms with E-state index in [1.807, 2.05) is 0 Å². The van der Waals surface area contributed by atoms with Crippen LogP contribution in [0, 0.1) is 0 Å². The number of carbonyl (C=O) groups excluding carboxylic acids is 1. The minimum absolute atomic E-state index is 0.550. The molecule has 0 spiro atoms. The standard InChI is InChI=1S/C10H8Cl2O/c1-7(6-13)4-8-2-3-9(11)5-10(8)12/h2-6H,1H3/b7-4+. The Morgan fingerprint density at radius 3 is 2.62 bits per heavy atom. The van der Waals surface area contributed by atoms with Gasteiger partial charge in [0.05, 0.1) is 0 Å². The molecule has 0 fully saturated rings. The van der Waals surface area contributed by atoms with E-state index >= 15 is 0 Å². The van der Waals surface area contributed by atoms with E-state index in [0.717, 1.165) is 11.8 Å². The molecule has 0 amide bonds. The van der Waals surface area contributed by atoms with Crippen molar-refractivity contribution in [2.45, 2.75) is 6.92 Å². The maximum atomic E-state index is 10.4. The van der Waals surface area contributed by atoms with Crippen molar-refractivity contribution in [1.29, 1.82) is 0 Å². The smallest absolute Gasteiger partial charge is 0.145 e. The molecule has 0 aliphatic rings. The van der Waals surface area contributed by atoms with Crippen LogP contribution in [-0.2, 0) is 4.79 Å². The number of benzene rings is 1. The lowest BCUT2D eigenvalue weighted by Gasteiger charge is -1.98. The molecule has 0 saturated carbocycles. The van der Waals surface area contributed by atoms with Crippen molar-refractivity contribution in [3.63, 3.8) is 0 Å². The van der Waals surface area contributed by atoms with Crippen LogP contribution in [0.4, 0.5) is 0 Å². The highest BCUT2D eigenvalue weighted by atomic mass is 35.5. The minimum atomic E-state index is 0.550. The van der Waals surface area contributed by atoms with Gasteiger partial charge in [0.2, 0.25) is 0 Å². The Balaban J connectivity index is 3.09. The van der Waals surface area contributed by atoms with Crippen LogP contribution < -0.4 is 0 Å². The molecule has 0 heterocycles. The molecule has 0 bridgehead atoms. The number of rotatable bonds is 2. The molecule has 0 saturated heterocycles. The second-order valence-electron chi connectivity index (χ2n) is 2.67. The average molecular weight is 215 g/mol. The van der Waals surface area contributed by atoms with Crippen LogP contribution in [0.25, 0.3) is 6.08 Å². The lowest BCUT2D eigenvalue weighted by atomic mass is 10.1. The molecule has 0 aromatic heterocycles. The van der Waals surface area contributed by atoms with Crippen LogP contribution in [0.15, 0.2) is 23.8 Å². The fourth-order valence-corrected chi connectivity index (χ4v) is 1.36. The van der Waals surface area contributed by atoms with Gasteiger partial charge in [-0.3, -0.25) is 4.79 Å². The molecule has 0 aliphatic heterocycles. The van der Waals surface area contributed by atoms with Gasteiger partial charge in [-0.1, -0.05) is 29.3 Å². The van der Waals surface area contributed by atoms with Crippen molar-refractivity contribution in [3.8, 4) is 0 Å². The first-order valence-electron chi connectivity index (χ1n) is 3.72. The first-order valence-corrected chi connectivity index (χ1v) is 4.47. The van der Waals surface area contributed by atoms with Crippen molar-refractivity contribution in [2.75, 3.05) is 0 Å². The molecule has 0 unspecified atom stereocenters. The van der Waals surface area contributed by atoms with Gasteiger partial charge >= 0.3 is 0 Å². The zero-order valence-electron chi connectivity index (χ0n) is 7.05. The second kappa shape index (κ2) is 4.45. The molecule has 68 valence electrons. The Bertz CT molecular complexity index is 356. The number of aldehydes is 1. The van der Waals surface area contributed by atoms with Gasteiger partial charge in [0, 0.05) is 10.0 Å². The highest BCUT2D eigenvalue weighted by molar-refractivity contribution is 6.35. The highest BCUT2D eigenvalue weighted by Crippen LogP contribution is 2.22. The lowest BCUT2D eigenvalue weighted by molar-refractivity contribution is -0.104. The maximum Gasteiger partial charge on any atom is 0.145 e. The lowest BCUT2D eigenvalue weighted by Crippen LogP contribution is -1.79. The summed E-state index contributed by atoms with van der Waals surface area (Å²) in [4.78, 5) is 10.4. The molecule has 3 heteroatoms. The number of allylic oxidation sites excluding steroid dienone is 1. The molecular formula is C10H8Cl2O. The molecule has 0 atom stereocenters. The predicted molar refractivity (Wildman–Crippen MR) is 56.2 cm³/mol. The monoisotopic (exact) mass is 214 g/mol. The highest BCUT2D eigenvalue weighted by Gasteiger charge is 1.98. The Morgan fingerprint density at radius 2 is 2.08 bits per heavy atom. The first kappa shape index (κ1) is 10.3. The normalized spacial score (nSPS) is 11.5. The third-order valence-corrected chi connectivity index (χ3v) is 2.09. The summed E-state index contributed by atoms with van der Waals surface area (Å²) in [6, 6.07) is 5.15. The van der Waals surface area contributed by atoms with Gasteiger partial charge in [-0.2, -0.15) is 0 Å². The van der Waals surface area contributed by atoms with E-state index in [0.29, 0.717) is 15.6 Å². The molecule has 1 aromatic carbocycles. The summed E-state index contributed by atoms with van der Waals surface area (Å²) in [6.07, 6.45) is 2.50. The fraction of sp³-hybridized carbons (Fsp3) is 0.100. The summed E-state index contributed by atoms with van der Waals surface area (Å²) in [6.45, 7) is 1.72.